The van der Waals surface area contributed by atoms with E-state index in [0.717, 1.165) is 22.8 Å². The number of benzene rings is 1. The summed E-state index contributed by atoms with van der Waals surface area (Å²) in [5.74, 6) is -0.0408. The molecule has 0 aliphatic heterocycles. The first-order chi connectivity index (χ1) is 10.5. The topological polar surface area (TPSA) is 58.4 Å². The summed E-state index contributed by atoms with van der Waals surface area (Å²) in [6.07, 6.45) is 0. The first-order valence-electron chi connectivity index (χ1n) is 7.56. The van der Waals surface area contributed by atoms with Crippen molar-refractivity contribution in [3.63, 3.8) is 0 Å². The van der Waals surface area contributed by atoms with E-state index < -0.39 is 12.0 Å². The van der Waals surface area contributed by atoms with Crippen molar-refractivity contribution < 1.29 is 9.90 Å². The van der Waals surface area contributed by atoms with Crippen LogP contribution < -0.4 is 0 Å². The SMILES string of the molecule is CCN(CC)C(C(=O)O)c1c(C)nc(-c2ccccc2)n1C. The van der Waals surface area contributed by atoms with Gasteiger partial charge in [-0.05, 0) is 20.0 Å². The fourth-order valence-corrected chi connectivity index (χ4v) is 2.91. The Bertz CT molecular complexity index is 645. The van der Waals surface area contributed by atoms with E-state index in [1.807, 2.05) is 67.6 Å². The number of carboxylic acid groups (broad SMARTS) is 1. The third kappa shape index (κ3) is 2.90. The third-order valence-electron chi connectivity index (χ3n) is 4.03. The molecule has 1 unspecified atom stereocenters. The first-order valence-corrected chi connectivity index (χ1v) is 7.56. The van der Waals surface area contributed by atoms with Crippen molar-refractivity contribution in [2.75, 3.05) is 13.1 Å². The van der Waals surface area contributed by atoms with Gasteiger partial charge in [0.15, 0.2) is 6.04 Å². The molecule has 0 aliphatic carbocycles. The highest BCUT2D eigenvalue weighted by Crippen LogP contribution is 2.28. The lowest BCUT2D eigenvalue weighted by Crippen LogP contribution is -2.35. The Labute approximate surface area is 131 Å². The molecule has 0 amide bonds. The highest BCUT2D eigenvalue weighted by atomic mass is 16.4. The average Bonchev–Trinajstić information content (AvgIpc) is 2.80. The lowest BCUT2D eigenvalue weighted by Gasteiger charge is -2.27. The van der Waals surface area contributed by atoms with Gasteiger partial charge in [0.2, 0.25) is 0 Å². The van der Waals surface area contributed by atoms with Crippen LogP contribution in [0.1, 0.15) is 31.3 Å². The number of hydrogen-bond acceptors (Lipinski definition) is 3. The number of hydrogen-bond donors (Lipinski definition) is 1. The molecular formula is C17H23N3O2. The van der Waals surface area contributed by atoms with Crippen LogP contribution in [0.15, 0.2) is 30.3 Å². The van der Waals surface area contributed by atoms with Gasteiger partial charge in [-0.1, -0.05) is 44.2 Å². The van der Waals surface area contributed by atoms with Crippen LogP contribution >= 0.6 is 0 Å². The van der Waals surface area contributed by atoms with Crippen LogP contribution in [-0.4, -0.2) is 38.6 Å². The van der Waals surface area contributed by atoms with Crippen molar-refractivity contribution in [3.05, 3.63) is 41.7 Å². The summed E-state index contributed by atoms with van der Waals surface area (Å²) in [5.41, 5.74) is 2.50. The molecule has 2 rings (SSSR count). The molecule has 5 nitrogen and oxygen atoms in total. The first kappa shape index (κ1) is 16.2. The Morgan fingerprint density at radius 1 is 1.27 bits per heavy atom. The van der Waals surface area contributed by atoms with Gasteiger partial charge >= 0.3 is 5.97 Å². The van der Waals surface area contributed by atoms with E-state index in [9.17, 15) is 9.90 Å². The normalized spacial score (nSPS) is 12.6. The molecule has 1 aromatic carbocycles. The zero-order valence-electron chi connectivity index (χ0n) is 13.6. The number of likely N-dealkylation sites (N-methyl/N-ethyl adjacent to an activating group) is 1. The van der Waals surface area contributed by atoms with Crippen LogP contribution in [0, 0.1) is 6.92 Å². The molecule has 0 saturated heterocycles. The van der Waals surface area contributed by atoms with E-state index in [0.29, 0.717) is 13.1 Å². The zero-order valence-corrected chi connectivity index (χ0v) is 13.6. The number of aryl methyl sites for hydroxylation is 1. The smallest absolute Gasteiger partial charge is 0.327 e. The summed E-state index contributed by atoms with van der Waals surface area (Å²) in [4.78, 5) is 18.4. The van der Waals surface area contributed by atoms with Gasteiger partial charge in [-0.2, -0.15) is 0 Å². The van der Waals surface area contributed by atoms with Crippen LogP contribution in [0.3, 0.4) is 0 Å². The second kappa shape index (κ2) is 6.75. The summed E-state index contributed by atoms with van der Waals surface area (Å²) >= 11 is 0. The van der Waals surface area contributed by atoms with Crippen molar-refractivity contribution in [2.45, 2.75) is 26.8 Å². The maximum atomic E-state index is 11.8. The summed E-state index contributed by atoms with van der Waals surface area (Å²) < 4.78 is 1.90. The minimum atomic E-state index is -0.839. The van der Waals surface area contributed by atoms with E-state index in [2.05, 4.69) is 4.98 Å². The number of rotatable bonds is 6. The van der Waals surface area contributed by atoms with Crippen LogP contribution in [0.25, 0.3) is 11.4 Å². The maximum absolute atomic E-state index is 11.8. The van der Waals surface area contributed by atoms with Crippen LogP contribution in [0.5, 0.6) is 0 Å². The van der Waals surface area contributed by atoms with Gasteiger partial charge in [-0.3, -0.25) is 9.69 Å². The molecule has 2 aromatic rings. The fraction of sp³-hybridized carbons (Fsp3) is 0.412. The Morgan fingerprint density at radius 3 is 2.36 bits per heavy atom. The molecule has 0 bridgehead atoms. The van der Waals surface area contributed by atoms with Gasteiger partial charge in [-0.25, -0.2) is 4.98 Å². The van der Waals surface area contributed by atoms with Gasteiger partial charge in [0.1, 0.15) is 5.82 Å². The predicted octanol–water partition coefficient (Wildman–Crippen LogP) is 2.86. The van der Waals surface area contributed by atoms with Crippen LogP contribution in [0.2, 0.25) is 0 Å². The Balaban J connectivity index is 2.56. The Kier molecular flexibility index (Phi) is 4.98. The minimum Gasteiger partial charge on any atom is -0.480 e. The lowest BCUT2D eigenvalue weighted by atomic mass is 10.1. The largest absolute Gasteiger partial charge is 0.480 e. The molecule has 1 atom stereocenters. The van der Waals surface area contributed by atoms with Gasteiger partial charge in [0.25, 0.3) is 0 Å². The maximum Gasteiger partial charge on any atom is 0.327 e. The standard InChI is InChI=1S/C17H23N3O2/c1-5-20(6-2)15(17(21)22)14-12(3)18-16(19(14)4)13-10-8-7-9-11-13/h7-11,15H,5-6H2,1-4H3,(H,21,22). The van der Waals surface area contributed by atoms with E-state index in [1.54, 1.807) is 0 Å². The van der Waals surface area contributed by atoms with Crippen molar-refractivity contribution >= 4 is 5.97 Å². The van der Waals surface area contributed by atoms with Crippen molar-refractivity contribution in [2.24, 2.45) is 7.05 Å². The summed E-state index contributed by atoms with van der Waals surface area (Å²) in [6.45, 7) is 7.19. The minimum absolute atomic E-state index is 0.676. The molecule has 0 fully saturated rings. The van der Waals surface area contributed by atoms with Gasteiger partial charge in [0, 0.05) is 12.6 Å². The lowest BCUT2D eigenvalue weighted by molar-refractivity contribution is -0.143. The highest BCUT2D eigenvalue weighted by molar-refractivity contribution is 5.76. The molecule has 5 heteroatoms. The number of carbonyl (C=O) groups is 1. The fourth-order valence-electron chi connectivity index (χ4n) is 2.91. The molecule has 0 spiro atoms. The molecule has 0 aliphatic rings. The average molecular weight is 301 g/mol. The van der Waals surface area contributed by atoms with Crippen molar-refractivity contribution in [3.8, 4) is 11.4 Å². The molecular weight excluding hydrogens is 278 g/mol. The second-order valence-corrected chi connectivity index (χ2v) is 5.29. The summed E-state index contributed by atoms with van der Waals surface area (Å²) in [5, 5.41) is 9.71. The van der Waals surface area contributed by atoms with Gasteiger partial charge < -0.3 is 9.67 Å². The molecule has 118 valence electrons. The molecule has 1 N–H and O–H groups in total. The summed E-state index contributed by atoms with van der Waals surface area (Å²) in [7, 11) is 1.89. The van der Waals surface area contributed by atoms with Crippen molar-refractivity contribution in [1.82, 2.24) is 14.5 Å². The van der Waals surface area contributed by atoms with E-state index in [4.69, 9.17) is 0 Å². The highest BCUT2D eigenvalue weighted by Gasteiger charge is 2.31. The Hall–Kier alpha value is -2.14. The number of nitrogens with zero attached hydrogens (tertiary/aromatic N) is 3. The van der Waals surface area contributed by atoms with Crippen molar-refractivity contribution in [1.29, 1.82) is 0 Å². The van der Waals surface area contributed by atoms with Gasteiger partial charge in [-0.15, -0.1) is 0 Å². The molecule has 0 radical (unpaired) electrons. The monoisotopic (exact) mass is 301 g/mol. The Morgan fingerprint density at radius 2 is 1.86 bits per heavy atom. The molecule has 1 heterocycles. The number of carboxylic acids is 1. The molecule has 1 aromatic heterocycles. The molecule has 0 saturated carbocycles. The quantitative estimate of drug-likeness (QED) is 0.891. The summed E-state index contributed by atoms with van der Waals surface area (Å²) in [6, 6.07) is 9.16. The van der Waals surface area contributed by atoms with E-state index >= 15 is 0 Å². The third-order valence-corrected chi connectivity index (χ3v) is 4.03. The van der Waals surface area contributed by atoms with Crippen LogP contribution in [-0.2, 0) is 11.8 Å². The van der Waals surface area contributed by atoms with E-state index in [-0.39, 0.29) is 0 Å². The van der Waals surface area contributed by atoms with Gasteiger partial charge in [0.05, 0.1) is 11.4 Å². The van der Waals surface area contributed by atoms with E-state index in [1.165, 1.54) is 0 Å². The number of aliphatic carboxylic acids is 1. The second-order valence-electron chi connectivity index (χ2n) is 5.29. The molecule has 22 heavy (non-hydrogen) atoms. The number of imidazole rings is 1. The zero-order chi connectivity index (χ0) is 16.3. The number of aromatic nitrogens is 2. The predicted molar refractivity (Wildman–Crippen MR) is 86.7 cm³/mol. The van der Waals surface area contributed by atoms with Crippen LogP contribution in [0.4, 0.5) is 0 Å².